The van der Waals surface area contributed by atoms with E-state index in [2.05, 4.69) is 104 Å². The van der Waals surface area contributed by atoms with Crippen LogP contribution in [0.5, 0.6) is 0 Å². The largest absolute Gasteiger partial charge is 0.376 e. The average Bonchev–Trinajstić information content (AvgIpc) is 3.73. The van der Waals surface area contributed by atoms with E-state index < -0.39 is 0 Å². The van der Waals surface area contributed by atoms with Gasteiger partial charge in [-0.3, -0.25) is 9.48 Å². The molecule has 0 radical (unpaired) electrons. The first kappa shape index (κ1) is 39.3. The summed E-state index contributed by atoms with van der Waals surface area (Å²) in [5.41, 5.74) is 9.63. The van der Waals surface area contributed by atoms with Crippen molar-refractivity contribution >= 4 is 17.4 Å². The zero-order chi connectivity index (χ0) is 33.9. The molecule has 0 bridgehead atoms. The predicted molar refractivity (Wildman–Crippen MR) is 197 cm³/mol. The van der Waals surface area contributed by atoms with Gasteiger partial charge < -0.3 is 10.6 Å². The summed E-state index contributed by atoms with van der Waals surface area (Å²) in [6.07, 6.45) is 21.5. The number of hydrogen-bond donors (Lipinski definition) is 2. The van der Waals surface area contributed by atoms with Crippen molar-refractivity contribution in [2.75, 3.05) is 14.1 Å². The number of fused-ring (bicyclic) bond motifs is 1. The average molecular weight is 613 g/mol. The first-order valence-corrected chi connectivity index (χ1v) is 16.5. The lowest BCUT2D eigenvalue weighted by Crippen LogP contribution is -2.31. The number of carbonyl (C=O) groups excluding carboxylic acids is 1. The zero-order valence-corrected chi connectivity index (χ0v) is 29.8. The molecule has 2 aliphatic rings. The summed E-state index contributed by atoms with van der Waals surface area (Å²) >= 11 is 0. The molecule has 246 valence electrons. The summed E-state index contributed by atoms with van der Waals surface area (Å²) in [5, 5.41) is 10.6. The molecule has 2 unspecified atom stereocenters. The molecule has 0 amide bonds. The first-order valence-electron chi connectivity index (χ1n) is 16.5. The van der Waals surface area contributed by atoms with E-state index in [1.165, 1.54) is 40.7 Å². The zero-order valence-electron chi connectivity index (χ0n) is 29.8. The van der Waals surface area contributed by atoms with Gasteiger partial charge in [-0.15, -0.1) is 0 Å². The summed E-state index contributed by atoms with van der Waals surface area (Å²) in [6.45, 7) is 24.7. The maximum absolute atomic E-state index is 11.8. The molecule has 4 rings (SSSR count). The van der Waals surface area contributed by atoms with Crippen molar-refractivity contribution in [3.63, 3.8) is 0 Å². The highest BCUT2D eigenvalue weighted by molar-refractivity contribution is 5.83. The van der Waals surface area contributed by atoms with Crippen molar-refractivity contribution in [2.24, 2.45) is 11.8 Å². The molecule has 45 heavy (non-hydrogen) atoms. The Morgan fingerprint density at radius 2 is 1.82 bits per heavy atom. The van der Waals surface area contributed by atoms with Crippen LogP contribution in [0.1, 0.15) is 89.3 Å². The van der Waals surface area contributed by atoms with Crippen molar-refractivity contribution in [1.29, 1.82) is 0 Å². The minimum absolute atomic E-state index is 0.0746. The molecule has 2 aromatic rings. The van der Waals surface area contributed by atoms with Crippen LogP contribution >= 0.6 is 0 Å². The van der Waals surface area contributed by atoms with Crippen LogP contribution < -0.4 is 10.6 Å². The summed E-state index contributed by atoms with van der Waals surface area (Å²) in [4.78, 5) is 11.8. The van der Waals surface area contributed by atoms with Gasteiger partial charge in [0.25, 0.3) is 0 Å². The van der Waals surface area contributed by atoms with Gasteiger partial charge in [0, 0.05) is 24.4 Å². The van der Waals surface area contributed by atoms with Gasteiger partial charge >= 0.3 is 0 Å². The second kappa shape index (κ2) is 21.1. The number of rotatable bonds is 11. The van der Waals surface area contributed by atoms with Crippen LogP contribution in [0.25, 0.3) is 11.6 Å². The number of aromatic nitrogens is 2. The summed E-state index contributed by atoms with van der Waals surface area (Å²) in [6, 6.07) is 6.22. The molecule has 1 fully saturated rings. The van der Waals surface area contributed by atoms with Crippen LogP contribution in [-0.2, 0) is 24.2 Å². The SMILES string of the molecule is C=C(C)NC(/C=C/C=C(\C=C/C)C1C=Cc2nn(CC3CC3)cc2C1)C(C)=O.C=C(C)c1cc(C)ccc1CC.CC.CNC. The van der Waals surface area contributed by atoms with Crippen LogP contribution in [0, 0.1) is 18.8 Å². The number of nitrogens with one attached hydrogen (secondary N) is 2. The Kier molecular flexibility index (Phi) is 18.4. The van der Waals surface area contributed by atoms with Crippen LogP contribution in [-0.4, -0.2) is 35.7 Å². The van der Waals surface area contributed by atoms with E-state index in [4.69, 9.17) is 5.10 Å². The number of aryl methyl sites for hydroxylation is 2. The molecular formula is C40H60N4O. The van der Waals surface area contributed by atoms with E-state index in [0.29, 0.717) is 5.92 Å². The van der Waals surface area contributed by atoms with E-state index in [1.807, 2.05) is 53.9 Å². The minimum Gasteiger partial charge on any atom is -0.376 e. The smallest absolute Gasteiger partial charge is 0.155 e. The Labute approximate surface area is 275 Å². The topological polar surface area (TPSA) is 59.0 Å². The van der Waals surface area contributed by atoms with Crippen LogP contribution in [0.2, 0.25) is 0 Å². The predicted octanol–water partition coefficient (Wildman–Crippen LogP) is 9.07. The van der Waals surface area contributed by atoms with Crippen LogP contribution in [0.3, 0.4) is 0 Å². The normalized spacial score (nSPS) is 16.0. The molecule has 1 saturated carbocycles. The maximum atomic E-state index is 11.8. The molecule has 2 atom stereocenters. The molecular weight excluding hydrogens is 552 g/mol. The monoisotopic (exact) mass is 612 g/mol. The third kappa shape index (κ3) is 14.3. The highest BCUT2D eigenvalue weighted by Crippen LogP contribution is 2.32. The standard InChI is InChI=1S/C24H31N3O.C12H16.C2H7N.C2H6/c1-5-7-20(8-6-9-23(18(4)28)25-17(2)3)21-12-13-24-22(14-21)16-27(26-24)15-19-10-11-19;1-5-11-7-6-10(4)8-12(11)9(2)3;1-3-2;1-2/h5-9,12-13,16,19,21,23,25H,2,10-11,14-15H2,1,3-4H3;6-8H,2,5H2,1,3-4H3;3H,1-2H3;1-2H3/b7-5-,9-6+,20-8+;;;. The Morgan fingerprint density at radius 3 is 2.36 bits per heavy atom. The molecule has 2 N–H and O–H groups in total. The van der Waals surface area contributed by atoms with E-state index >= 15 is 0 Å². The molecule has 1 aromatic carbocycles. The minimum atomic E-state index is -0.338. The first-order chi connectivity index (χ1) is 21.5. The van der Waals surface area contributed by atoms with Gasteiger partial charge in [0.05, 0.1) is 5.69 Å². The molecule has 0 saturated heterocycles. The summed E-state index contributed by atoms with van der Waals surface area (Å²) in [5.74, 6) is 1.22. The number of hydrogen-bond acceptors (Lipinski definition) is 4. The number of nitrogens with zero attached hydrogens (tertiary/aromatic N) is 2. The molecule has 1 heterocycles. The Morgan fingerprint density at radius 1 is 1.16 bits per heavy atom. The molecule has 1 aromatic heterocycles. The number of allylic oxidation sites excluding steroid dienone is 8. The van der Waals surface area contributed by atoms with E-state index in [-0.39, 0.29) is 11.8 Å². The van der Waals surface area contributed by atoms with Gasteiger partial charge in [-0.25, -0.2) is 0 Å². The lowest BCUT2D eigenvalue weighted by Gasteiger charge is -2.17. The highest BCUT2D eigenvalue weighted by atomic mass is 16.1. The van der Waals surface area contributed by atoms with Gasteiger partial charge in [-0.1, -0.05) is 99.7 Å². The van der Waals surface area contributed by atoms with E-state index in [1.54, 1.807) is 6.92 Å². The van der Waals surface area contributed by atoms with Crippen molar-refractivity contribution in [3.05, 3.63) is 113 Å². The highest BCUT2D eigenvalue weighted by Gasteiger charge is 2.24. The molecule has 0 aliphatic heterocycles. The summed E-state index contributed by atoms with van der Waals surface area (Å²) in [7, 11) is 3.75. The Hall–Kier alpha value is -3.70. The molecule has 5 heteroatoms. The van der Waals surface area contributed by atoms with Crippen molar-refractivity contribution in [2.45, 2.75) is 93.7 Å². The van der Waals surface area contributed by atoms with Crippen molar-refractivity contribution < 1.29 is 4.79 Å². The lowest BCUT2D eigenvalue weighted by atomic mass is 9.87. The van der Waals surface area contributed by atoms with Crippen molar-refractivity contribution in [3.8, 4) is 0 Å². The van der Waals surface area contributed by atoms with Crippen LogP contribution in [0.15, 0.2) is 85.3 Å². The third-order valence-electron chi connectivity index (χ3n) is 7.26. The van der Waals surface area contributed by atoms with Gasteiger partial charge in [-0.2, -0.15) is 5.10 Å². The van der Waals surface area contributed by atoms with E-state index in [9.17, 15) is 4.79 Å². The van der Waals surface area contributed by atoms with Gasteiger partial charge in [-0.05, 0) is 109 Å². The number of ketones is 1. The fourth-order valence-electron chi connectivity index (χ4n) is 4.89. The van der Waals surface area contributed by atoms with Gasteiger partial charge in [0.2, 0.25) is 0 Å². The van der Waals surface area contributed by atoms with Crippen LogP contribution in [0.4, 0.5) is 0 Å². The molecule has 2 aliphatic carbocycles. The van der Waals surface area contributed by atoms with Gasteiger partial charge in [0.15, 0.2) is 5.78 Å². The Balaban J connectivity index is 0.000000495. The quantitative estimate of drug-likeness (QED) is 0.249. The fraction of sp³-hybridized carbons (Fsp3) is 0.450. The van der Waals surface area contributed by atoms with Crippen molar-refractivity contribution in [1.82, 2.24) is 20.4 Å². The maximum Gasteiger partial charge on any atom is 0.155 e. The number of Topliss-reactive ketones (excluding diaryl/α,β-unsaturated/α-hetero) is 1. The second-order valence-electron chi connectivity index (χ2n) is 11.7. The molecule has 5 nitrogen and oxygen atoms in total. The fourth-order valence-corrected chi connectivity index (χ4v) is 4.89. The van der Waals surface area contributed by atoms with Gasteiger partial charge in [0.1, 0.15) is 6.04 Å². The number of benzene rings is 1. The van der Waals surface area contributed by atoms with E-state index in [0.717, 1.165) is 42.3 Å². The lowest BCUT2D eigenvalue weighted by molar-refractivity contribution is -0.117. The Bertz CT molecular complexity index is 1350. The number of carbonyl (C=O) groups is 1. The molecule has 0 spiro atoms. The summed E-state index contributed by atoms with van der Waals surface area (Å²) < 4.78 is 2.12. The second-order valence-corrected chi connectivity index (χ2v) is 11.7. The third-order valence-corrected chi connectivity index (χ3v) is 7.26.